The molecule has 1 unspecified atom stereocenters. The van der Waals surface area contributed by atoms with Crippen molar-refractivity contribution in [2.75, 3.05) is 38.0 Å². The first kappa shape index (κ1) is 12.5. The average Bonchev–Trinajstić information content (AvgIpc) is 2.86. The third-order valence-corrected chi connectivity index (χ3v) is 2.46. The van der Waals surface area contributed by atoms with E-state index in [-0.39, 0.29) is 12.6 Å². The van der Waals surface area contributed by atoms with E-state index >= 15 is 0 Å². The van der Waals surface area contributed by atoms with Crippen LogP contribution in [0.2, 0.25) is 0 Å². The Balaban J connectivity index is 2.32. The number of hydrogen-bond donors (Lipinski definition) is 4. The summed E-state index contributed by atoms with van der Waals surface area (Å²) in [5.41, 5.74) is 0.631. The molecule has 0 radical (unpaired) electrons. The Hall–Kier alpha value is -1.93. The molecule has 0 saturated carbocycles. The molecule has 0 bridgehead atoms. The van der Waals surface area contributed by atoms with Crippen LogP contribution in [0.5, 0.6) is 0 Å². The molecule has 0 fully saturated rings. The van der Waals surface area contributed by atoms with Crippen LogP contribution in [0.3, 0.4) is 0 Å². The number of fused-ring (bicyclic) bond motifs is 1. The molecule has 0 spiro atoms. The number of nitrogens with zero attached hydrogens (tertiary/aromatic N) is 3. The molecule has 8 heteroatoms. The number of methoxy groups -OCH3 is 1. The van der Waals surface area contributed by atoms with Gasteiger partial charge in [0.05, 0.1) is 30.8 Å². The highest BCUT2D eigenvalue weighted by Crippen LogP contribution is 2.20. The van der Waals surface area contributed by atoms with E-state index in [1.807, 2.05) is 0 Å². The van der Waals surface area contributed by atoms with Gasteiger partial charge in [0.15, 0.2) is 5.65 Å². The molecule has 2 heterocycles. The van der Waals surface area contributed by atoms with Gasteiger partial charge in [-0.3, -0.25) is 5.10 Å². The van der Waals surface area contributed by atoms with Crippen LogP contribution in [0.1, 0.15) is 0 Å². The van der Waals surface area contributed by atoms with Crippen molar-refractivity contribution in [1.29, 1.82) is 0 Å². The molecule has 98 valence electrons. The van der Waals surface area contributed by atoms with Crippen LogP contribution in [0.15, 0.2) is 6.20 Å². The molecule has 2 rings (SSSR count). The van der Waals surface area contributed by atoms with Crippen molar-refractivity contribution < 1.29 is 9.84 Å². The quantitative estimate of drug-likeness (QED) is 0.564. The highest BCUT2D eigenvalue weighted by Gasteiger charge is 2.13. The summed E-state index contributed by atoms with van der Waals surface area (Å²) in [6, 6.07) is -0.229. The summed E-state index contributed by atoms with van der Waals surface area (Å²) in [4.78, 5) is 8.52. The summed E-state index contributed by atoms with van der Waals surface area (Å²) >= 11 is 0. The number of ether oxygens (including phenoxy) is 1. The Labute approximate surface area is 104 Å². The smallest absolute Gasteiger partial charge is 0.226 e. The Bertz CT molecular complexity index is 514. The van der Waals surface area contributed by atoms with E-state index in [2.05, 4.69) is 30.8 Å². The van der Waals surface area contributed by atoms with Gasteiger partial charge >= 0.3 is 0 Å². The Kier molecular flexibility index (Phi) is 3.90. The SMILES string of the molecule is CNc1nc(NC(CO)COC)c2cn[nH]c2n1. The fourth-order valence-corrected chi connectivity index (χ4v) is 1.59. The maximum Gasteiger partial charge on any atom is 0.226 e. The highest BCUT2D eigenvalue weighted by atomic mass is 16.5. The minimum atomic E-state index is -0.229. The van der Waals surface area contributed by atoms with Gasteiger partial charge in [-0.1, -0.05) is 0 Å². The summed E-state index contributed by atoms with van der Waals surface area (Å²) in [6.07, 6.45) is 1.64. The Morgan fingerprint density at radius 1 is 1.50 bits per heavy atom. The standard InChI is InChI=1S/C10H16N6O2/c1-11-10-14-8(13-6(4-17)5-18-2)7-3-12-16-9(7)15-10/h3,6,17H,4-5H2,1-2H3,(H3,11,12,13,14,15,16). The van der Waals surface area contributed by atoms with E-state index in [9.17, 15) is 5.11 Å². The second-order valence-electron chi connectivity index (χ2n) is 3.76. The molecular weight excluding hydrogens is 236 g/mol. The van der Waals surface area contributed by atoms with Gasteiger partial charge in [-0.2, -0.15) is 15.1 Å². The van der Waals surface area contributed by atoms with Crippen molar-refractivity contribution in [3.8, 4) is 0 Å². The average molecular weight is 252 g/mol. The van der Waals surface area contributed by atoms with E-state index in [1.165, 1.54) is 0 Å². The van der Waals surface area contributed by atoms with Gasteiger partial charge in [0.1, 0.15) is 5.82 Å². The van der Waals surface area contributed by atoms with Gasteiger partial charge < -0.3 is 20.5 Å². The van der Waals surface area contributed by atoms with Gasteiger partial charge in [0.25, 0.3) is 0 Å². The van der Waals surface area contributed by atoms with Crippen molar-refractivity contribution in [2.24, 2.45) is 0 Å². The molecular formula is C10H16N6O2. The second kappa shape index (κ2) is 5.61. The summed E-state index contributed by atoms with van der Waals surface area (Å²) in [7, 11) is 3.32. The van der Waals surface area contributed by atoms with Crippen molar-refractivity contribution in [3.63, 3.8) is 0 Å². The number of aromatic amines is 1. The minimum Gasteiger partial charge on any atom is -0.394 e. The maximum atomic E-state index is 9.24. The zero-order valence-electron chi connectivity index (χ0n) is 10.3. The van der Waals surface area contributed by atoms with Gasteiger partial charge in [-0.25, -0.2) is 0 Å². The molecule has 0 aliphatic heterocycles. The fourth-order valence-electron chi connectivity index (χ4n) is 1.59. The number of aromatic nitrogens is 4. The molecule has 2 aromatic heterocycles. The molecule has 0 aromatic carbocycles. The first-order valence-electron chi connectivity index (χ1n) is 5.53. The van der Waals surface area contributed by atoms with Crippen LogP contribution in [0.4, 0.5) is 11.8 Å². The number of H-pyrrole nitrogens is 1. The lowest BCUT2D eigenvalue weighted by atomic mass is 10.3. The lowest BCUT2D eigenvalue weighted by molar-refractivity contribution is 0.153. The second-order valence-corrected chi connectivity index (χ2v) is 3.76. The number of aliphatic hydroxyl groups is 1. The first-order chi connectivity index (χ1) is 8.78. The molecule has 4 N–H and O–H groups in total. The fraction of sp³-hybridized carbons (Fsp3) is 0.500. The molecule has 0 aliphatic rings. The molecule has 0 saturated heterocycles. The Morgan fingerprint density at radius 3 is 3.00 bits per heavy atom. The van der Waals surface area contributed by atoms with E-state index in [0.717, 1.165) is 5.39 Å². The monoisotopic (exact) mass is 252 g/mol. The van der Waals surface area contributed by atoms with Crippen molar-refractivity contribution >= 4 is 22.8 Å². The van der Waals surface area contributed by atoms with Crippen LogP contribution in [0.25, 0.3) is 11.0 Å². The molecule has 2 aromatic rings. The first-order valence-corrected chi connectivity index (χ1v) is 5.53. The maximum absolute atomic E-state index is 9.24. The normalized spacial score (nSPS) is 12.6. The summed E-state index contributed by atoms with van der Waals surface area (Å²) in [5, 5.41) is 22.7. The van der Waals surface area contributed by atoms with Gasteiger partial charge in [0, 0.05) is 14.2 Å². The highest BCUT2D eigenvalue weighted by molar-refractivity contribution is 5.87. The van der Waals surface area contributed by atoms with E-state index < -0.39 is 0 Å². The van der Waals surface area contributed by atoms with Crippen LogP contribution >= 0.6 is 0 Å². The number of anilines is 2. The molecule has 0 aliphatic carbocycles. The molecule has 0 amide bonds. The number of aliphatic hydroxyl groups excluding tert-OH is 1. The van der Waals surface area contributed by atoms with Crippen molar-refractivity contribution in [2.45, 2.75) is 6.04 Å². The third kappa shape index (κ3) is 2.49. The third-order valence-electron chi connectivity index (χ3n) is 2.46. The Morgan fingerprint density at radius 2 is 2.33 bits per heavy atom. The van der Waals surface area contributed by atoms with E-state index in [4.69, 9.17) is 4.74 Å². The predicted octanol–water partition coefficient (Wildman–Crippen LogP) is -0.186. The van der Waals surface area contributed by atoms with Crippen molar-refractivity contribution in [1.82, 2.24) is 20.2 Å². The molecule has 1 atom stereocenters. The molecule has 18 heavy (non-hydrogen) atoms. The lowest BCUT2D eigenvalue weighted by Crippen LogP contribution is -2.29. The van der Waals surface area contributed by atoms with Crippen LogP contribution in [-0.4, -0.2) is 58.7 Å². The van der Waals surface area contributed by atoms with Gasteiger partial charge in [0.2, 0.25) is 5.95 Å². The van der Waals surface area contributed by atoms with Crippen LogP contribution in [0, 0.1) is 0 Å². The van der Waals surface area contributed by atoms with E-state index in [1.54, 1.807) is 20.4 Å². The van der Waals surface area contributed by atoms with Gasteiger partial charge in [-0.05, 0) is 0 Å². The van der Waals surface area contributed by atoms with Crippen LogP contribution < -0.4 is 10.6 Å². The number of rotatable bonds is 6. The minimum absolute atomic E-state index is 0.0495. The predicted molar refractivity (Wildman–Crippen MR) is 67.6 cm³/mol. The van der Waals surface area contributed by atoms with Crippen LogP contribution in [-0.2, 0) is 4.74 Å². The number of nitrogens with one attached hydrogen (secondary N) is 3. The molecule has 8 nitrogen and oxygen atoms in total. The summed E-state index contributed by atoms with van der Waals surface area (Å²) < 4.78 is 5.01. The summed E-state index contributed by atoms with van der Waals surface area (Å²) in [6.45, 7) is 0.334. The zero-order valence-corrected chi connectivity index (χ0v) is 10.3. The largest absolute Gasteiger partial charge is 0.394 e. The van der Waals surface area contributed by atoms with Gasteiger partial charge in [-0.15, -0.1) is 0 Å². The zero-order chi connectivity index (χ0) is 13.0. The van der Waals surface area contributed by atoms with Crippen molar-refractivity contribution in [3.05, 3.63) is 6.20 Å². The number of hydrogen-bond acceptors (Lipinski definition) is 7. The topological polar surface area (TPSA) is 108 Å². The van der Waals surface area contributed by atoms with E-state index in [0.29, 0.717) is 24.0 Å². The lowest BCUT2D eigenvalue weighted by Gasteiger charge is -2.16. The summed E-state index contributed by atoms with van der Waals surface area (Å²) in [5.74, 6) is 1.08.